The molecule has 2 atom stereocenters. The number of carbonyl (C=O) groups excluding carboxylic acids is 1. The van der Waals surface area contributed by atoms with E-state index >= 15 is 0 Å². The smallest absolute Gasteiger partial charge is 0.0991 e. The molecular weight excluding hydrogens is 594 g/mol. The van der Waals surface area contributed by atoms with Gasteiger partial charge in [0.25, 0.3) is 0 Å². The Bertz CT molecular complexity index is 622. The van der Waals surface area contributed by atoms with Gasteiger partial charge in [-0.2, -0.15) is 11.7 Å². The minimum absolute atomic E-state index is 0. The van der Waals surface area contributed by atoms with Crippen LogP contribution in [0.1, 0.15) is 88.8 Å². The van der Waals surface area contributed by atoms with Crippen molar-refractivity contribution in [2.75, 3.05) is 6.54 Å². The van der Waals surface area contributed by atoms with E-state index in [1.54, 1.807) is 6.41 Å². The Morgan fingerprint density at radius 3 is 2.40 bits per heavy atom. The summed E-state index contributed by atoms with van der Waals surface area (Å²) in [5, 5.41) is 11.2. The number of nitrogens with zero attached hydrogens (tertiary/aromatic N) is 1. The van der Waals surface area contributed by atoms with E-state index in [-0.39, 0.29) is 31.1 Å². The van der Waals surface area contributed by atoms with Gasteiger partial charge in [0.1, 0.15) is 0 Å². The first-order valence-electron chi connectivity index (χ1n) is 11.2. The van der Waals surface area contributed by atoms with Crippen LogP contribution in [0.5, 0.6) is 0 Å². The first-order chi connectivity index (χ1) is 14.0. The van der Waals surface area contributed by atoms with E-state index in [0.717, 1.165) is 24.4 Å². The molecule has 1 saturated carbocycles. The number of allylic oxidation sites excluding steroid dienone is 2. The molecule has 1 N–H and O–H groups in total. The Balaban J connectivity index is 0. The summed E-state index contributed by atoms with van der Waals surface area (Å²) < 4.78 is 0. The Kier molecular flexibility index (Phi) is 22.0. The van der Waals surface area contributed by atoms with Gasteiger partial charge in [0, 0.05) is 31.1 Å². The molecule has 0 bridgehead atoms. The maximum Gasteiger partial charge on any atom is 0.0991 e. The fourth-order valence-corrected chi connectivity index (χ4v) is 3.58. The summed E-state index contributed by atoms with van der Waals surface area (Å²) in [5.41, 5.74) is 3.15. The second-order valence-corrected chi connectivity index (χ2v) is 7.91. The van der Waals surface area contributed by atoms with Crippen LogP contribution in [0.3, 0.4) is 0 Å². The maximum atomic E-state index is 10.1. The fraction of sp³-hybridized carbons (Fsp3) is 0.615. The zero-order valence-electron chi connectivity index (χ0n) is 19.8. The molecule has 1 fully saturated rings. The number of benzene rings is 1. The van der Waals surface area contributed by atoms with Crippen molar-refractivity contribution in [1.29, 1.82) is 5.26 Å². The van der Waals surface area contributed by atoms with E-state index < -0.39 is 0 Å². The molecule has 0 heterocycles. The van der Waals surface area contributed by atoms with Crippen molar-refractivity contribution in [1.82, 2.24) is 5.32 Å². The summed E-state index contributed by atoms with van der Waals surface area (Å²) in [6, 6.07) is 7.79. The molecule has 2 rings (SSSR count). The molecule has 30 heavy (non-hydrogen) atoms. The summed E-state index contributed by atoms with van der Waals surface area (Å²) in [6.45, 7) is 11.3. The summed E-state index contributed by atoms with van der Waals surface area (Å²) in [6.07, 6.45) is 16.5. The van der Waals surface area contributed by atoms with Crippen LogP contribution in [-0.4, -0.2) is 13.0 Å². The molecule has 1 aromatic carbocycles. The van der Waals surface area contributed by atoms with Crippen molar-refractivity contribution >= 4 is 6.41 Å². The van der Waals surface area contributed by atoms with Crippen LogP contribution in [-0.2, 0) is 4.79 Å². The number of nitriles is 1. The van der Waals surface area contributed by atoms with Crippen LogP contribution in [0, 0.1) is 68.1 Å². The molecule has 166 valence electrons. The van der Waals surface area contributed by atoms with Crippen molar-refractivity contribution in [2.45, 2.75) is 86.0 Å². The molecule has 1 unspecified atom stereocenters. The molecular formula is C26H41N2OU-. The molecule has 0 radical (unpaired) electrons. The number of amides is 1. The minimum Gasteiger partial charge on any atom is -0.530 e. The molecule has 0 aromatic heterocycles. The number of unbranched alkanes of at least 4 members (excludes halogenated alkanes) is 1. The molecule has 1 aliphatic rings. The molecule has 4 heteroatoms. The van der Waals surface area contributed by atoms with Crippen molar-refractivity contribution in [3.63, 3.8) is 0 Å². The van der Waals surface area contributed by atoms with Gasteiger partial charge in [-0.3, -0.25) is 0 Å². The predicted octanol–water partition coefficient (Wildman–Crippen LogP) is 6.79. The van der Waals surface area contributed by atoms with Gasteiger partial charge in [-0.25, -0.2) is 0 Å². The van der Waals surface area contributed by atoms with Crippen molar-refractivity contribution in [3.8, 4) is 6.07 Å². The molecule has 0 spiro atoms. The van der Waals surface area contributed by atoms with Crippen molar-refractivity contribution in [3.05, 3.63) is 47.0 Å². The second kappa shape index (κ2) is 21.2. The first kappa shape index (κ1) is 31.2. The van der Waals surface area contributed by atoms with Crippen LogP contribution in [0.15, 0.2) is 30.4 Å². The van der Waals surface area contributed by atoms with Crippen molar-refractivity contribution in [2.24, 2.45) is 11.8 Å². The zero-order valence-corrected chi connectivity index (χ0v) is 23.9. The second-order valence-electron chi connectivity index (χ2n) is 7.91. The number of hydrogen-bond donors (Lipinski definition) is 1. The number of hydrogen-bond acceptors (Lipinski definition) is 2. The number of nitrogens with one attached hydrogen (secondary N) is 1. The van der Waals surface area contributed by atoms with Gasteiger partial charge in [-0.05, 0) is 81.7 Å². The normalized spacial score (nSPS) is 17.3. The molecule has 0 saturated heterocycles. The molecule has 1 amide bonds. The standard InChI is InChI=1S/C12H22NO.C9H9N.C5H10.U/c1-2-3-5-11-6-4-7-12(8-11)9-13-10-14;1-7-3-4-9(6-10)5-8(7)2;1-3-5-4-2;/h11-12H,2-9H2,1H3,(H,13,14);3-5H,1-2H3;3,5H,4H2,1-2H3;/q-1;;;/b;;5-3-;/t11-,12?;;;/m0.../s1. The van der Waals surface area contributed by atoms with E-state index in [9.17, 15) is 4.79 Å². The van der Waals surface area contributed by atoms with Crippen LogP contribution in [0.4, 0.5) is 0 Å². The van der Waals surface area contributed by atoms with Crippen LogP contribution >= 0.6 is 0 Å². The Labute approximate surface area is 209 Å². The fourth-order valence-electron chi connectivity index (χ4n) is 3.58. The zero-order chi connectivity index (χ0) is 21.9. The maximum absolute atomic E-state index is 10.1. The van der Waals surface area contributed by atoms with Gasteiger partial charge in [0.2, 0.25) is 0 Å². The Morgan fingerprint density at radius 1 is 1.20 bits per heavy atom. The van der Waals surface area contributed by atoms with Gasteiger partial charge >= 0.3 is 0 Å². The van der Waals surface area contributed by atoms with E-state index in [2.05, 4.69) is 37.4 Å². The minimum atomic E-state index is 0. The third kappa shape index (κ3) is 15.8. The Hall–Kier alpha value is -1.03. The first-order valence-corrected chi connectivity index (χ1v) is 11.2. The predicted molar refractivity (Wildman–Crippen MR) is 124 cm³/mol. The quantitative estimate of drug-likeness (QED) is 0.204. The largest absolute Gasteiger partial charge is 0.530 e. The molecule has 0 aliphatic heterocycles. The SMILES string of the molecule is C/C=C\CC.CCCC[C@H]1CCCC(CN[C-]=O)C1.Cc1ccc(C#N)cc1C.[U]. The van der Waals surface area contributed by atoms with Gasteiger partial charge in [0.15, 0.2) is 0 Å². The summed E-state index contributed by atoms with van der Waals surface area (Å²) in [4.78, 5) is 10.1. The van der Waals surface area contributed by atoms with Crippen LogP contribution < -0.4 is 5.32 Å². The monoisotopic (exact) mass is 635 g/mol. The molecule has 1 aromatic rings. The van der Waals surface area contributed by atoms with Gasteiger partial charge in [0.05, 0.1) is 11.6 Å². The average molecular weight is 636 g/mol. The number of rotatable bonds is 7. The average Bonchev–Trinajstić information content (AvgIpc) is 2.74. The van der Waals surface area contributed by atoms with Gasteiger partial charge < -0.3 is 10.1 Å². The van der Waals surface area contributed by atoms with E-state index in [1.807, 2.05) is 39.0 Å². The van der Waals surface area contributed by atoms with Gasteiger partial charge in [-0.1, -0.05) is 64.2 Å². The summed E-state index contributed by atoms with van der Waals surface area (Å²) >= 11 is 0. The van der Waals surface area contributed by atoms with E-state index in [4.69, 9.17) is 5.26 Å². The summed E-state index contributed by atoms with van der Waals surface area (Å²) in [5.74, 6) is 1.63. The third-order valence-corrected chi connectivity index (χ3v) is 5.43. The topological polar surface area (TPSA) is 52.9 Å². The molecule has 3 nitrogen and oxygen atoms in total. The summed E-state index contributed by atoms with van der Waals surface area (Å²) in [7, 11) is 0. The third-order valence-electron chi connectivity index (χ3n) is 5.43. The van der Waals surface area contributed by atoms with Crippen LogP contribution in [0.2, 0.25) is 0 Å². The van der Waals surface area contributed by atoms with Crippen molar-refractivity contribution < 1.29 is 35.9 Å². The van der Waals surface area contributed by atoms with Gasteiger partial charge in [-0.15, -0.1) is 0 Å². The molecule has 1 aliphatic carbocycles. The van der Waals surface area contributed by atoms with E-state index in [1.165, 1.54) is 56.1 Å². The van der Waals surface area contributed by atoms with Crippen LogP contribution in [0.25, 0.3) is 0 Å². The number of aryl methyl sites for hydroxylation is 2. The van der Waals surface area contributed by atoms with E-state index in [0.29, 0.717) is 5.92 Å². The Morgan fingerprint density at radius 2 is 1.90 bits per heavy atom.